The lowest BCUT2D eigenvalue weighted by atomic mass is 10.0. The van der Waals surface area contributed by atoms with Gasteiger partial charge in [0.15, 0.2) is 0 Å². The first-order chi connectivity index (χ1) is 8.59. The minimum absolute atomic E-state index is 0.164. The zero-order valence-corrected chi connectivity index (χ0v) is 10.5. The van der Waals surface area contributed by atoms with Gasteiger partial charge < -0.3 is 19.9 Å². The van der Waals surface area contributed by atoms with Gasteiger partial charge >= 0.3 is 5.97 Å². The molecule has 0 aromatic rings. The number of rotatable bonds is 7. The molecule has 0 fully saturated rings. The largest absolute Gasteiger partial charge is 0.494 e. The second-order valence-corrected chi connectivity index (χ2v) is 4.28. The lowest BCUT2D eigenvalue weighted by molar-refractivity contribution is -0.137. The molecule has 0 saturated heterocycles. The summed E-state index contributed by atoms with van der Waals surface area (Å²) in [6.45, 7) is 3.31. The van der Waals surface area contributed by atoms with E-state index in [-0.39, 0.29) is 24.0 Å². The number of carbonyl (C=O) groups is 2. The molecule has 1 heterocycles. The number of carboxylic acid groups (broad SMARTS) is 1. The number of carboxylic acids is 1. The molecule has 6 nitrogen and oxygen atoms in total. The van der Waals surface area contributed by atoms with Crippen LogP contribution in [0.1, 0.15) is 26.2 Å². The average molecular weight is 257 g/mol. The van der Waals surface area contributed by atoms with Gasteiger partial charge in [-0.2, -0.15) is 0 Å². The third-order valence-electron chi connectivity index (χ3n) is 2.65. The van der Waals surface area contributed by atoms with Crippen LogP contribution in [0.25, 0.3) is 0 Å². The molecule has 1 atom stereocenters. The molecule has 0 radical (unpaired) electrons. The van der Waals surface area contributed by atoms with E-state index < -0.39 is 5.97 Å². The quantitative estimate of drug-likeness (QED) is 0.707. The lowest BCUT2D eigenvalue weighted by Gasteiger charge is -2.15. The van der Waals surface area contributed by atoms with Gasteiger partial charge in [-0.3, -0.25) is 9.59 Å². The van der Waals surface area contributed by atoms with Crippen molar-refractivity contribution in [3.05, 3.63) is 12.0 Å². The van der Waals surface area contributed by atoms with E-state index in [1.165, 1.54) is 6.26 Å². The fraction of sp³-hybridized carbons (Fsp3) is 0.667. The lowest BCUT2D eigenvalue weighted by Crippen LogP contribution is -2.30. The SMILES string of the molecule is CC(CCNC(=O)C1=COCCO1)CCC(=O)O. The van der Waals surface area contributed by atoms with Crippen LogP contribution in [-0.2, 0) is 19.1 Å². The van der Waals surface area contributed by atoms with E-state index in [1.807, 2.05) is 6.92 Å². The van der Waals surface area contributed by atoms with Crippen molar-refractivity contribution in [2.45, 2.75) is 26.2 Å². The van der Waals surface area contributed by atoms with E-state index in [0.717, 1.165) is 6.42 Å². The maximum absolute atomic E-state index is 11.6. The van der Waals surface area contributed by atoms with Gasteiger partial charge in [-0.1, -0.05) is 6.92 Å². The van der Waals surface area contributed by atoms with Crippen LogP contribution in [0.3, 0.4) is 0 Å². The van der Waals surface area contributed by atoms with Crippen LogP contribution < -0.4 is 5.32 Å². The summed E-state index contributed by atoms with van der Waals surface area (Å²) in [6, 6.07) is 0. The van der Waals surface area contributed by atoms with Crippen LogP contribution in [0.4, 0.5) is 0 Å². The minimum atomic E-state index is -0.788. The Balaban J connectivity index is 2.14. The van der Waals surface area contributed by atoms with Crippen molar-refractivity contribution in [1.82, 2.24) is 5.32 Å². The average Bonchev–Trinajstić information content (AvgIpc) is 2.37. The van der Waals surface area contributed by atoms with Crippen molar-refractivity contribution < 1.29 is 24.2 Å². The summed E-state index contributed by atoms with van der Waals surface area (Å²) in [6.07, 6.45) is 2.84. The first-order valence-corrected chi connectivity index (χ1v) is 6.04. The molecule has 1 unspecified atom stereocenters. The topological polar surface area (TPSA) is 84.9 Å². The van der Waals surface area contributed by atoms with Gasteiger partial charge in [-0.15, -0.1) is 0 Å². The highest BCUT2D eigenvalue weighted by atomic mass is 16.6. The number of hydrogen-bond donors (Lipinski definition) is 2. The Labute approximate surface area is 106 Å². The van der Waals surface area contributed by atoms with Crippen LogP contribution >= 0.6 is 0 Å². The van der Waals surface area contributed by atoms with Gasteiger partial charge in [0.2, 0.25) is 5.76 Å². The maximum Gasteiger partial charge on any atom is 0.303 e. The van der Waals surface area contributed by atoms with Crippen LogP contribution in [0.2, 0.25) is 0 Å². The summed E-state index contributed by atoms with van der Waals surface area (Å²) in [5.41, 5.74) is 0. The zero-order chi connectivity index (χ0) is 13.4. The van der Waals surface area contributed by atoms with Gasteiger partial charge in [0.25, 0.3) is 5.91 Å². The highest BCUT2D eigenvalue weighted by Gasteiger charge is 2.14. The maximum atomic E-state index is 11.6. The van der Waals surface area contributed by atoms with Crippen molar-refractivity contribution in [1.29, 1.82) is 0 Å². The Morgan fingerprint density at radius 1 is 1.44 bits per heavy atom. The molecule has 1 aliphatic rings. The van der Waals surface area contributed by atoms with Gasteiger partial charge in [0.1, 0.15) is 19.5 Å². The van der Waals surface area contributed by atoms with Crippen LogP contribution in [0.15, 0.2) is 12.0 Å². The third-order valence-corrected chi connectivity index (χ3v) is 2.65. The molecule has 0 bridgehead atoms. The Kier molecular flexibility index (Phi) is 6.04. The van der Waals surface area contributed by atoms with Crippen LogP contribution in [-0.4, -0.2) is 36.7 Å². The zero-order valence-electron chi connectivity index (χ0n) is 10.5. The predicted molar refractivity (Wildman–Crippen MR) is 63.6 cm³/mol. The minimum Gasteiger partial charge on any atom is -0.494 e. The van der Waals surface area contributed by atoms with Crippen LogP contribution in [0, 0.1) is 5.92 Å². The Hall–Kier alpha value is -1.72. The molecule has 18 heavy (non-hydrogen) atoms. The summed E-state index contributed by atoms with van der Waals surface area (Å²) in [5, 5.41) is 11.2. The highest BCUT2D eigenvalue weighted by Crippen LogP contribution is 2.09. The molecule has 1 aliphatic heterocycles. The number of hydrogen-bond acceptors (Lipinski definition) is 4. The van der Waals surface area contributed by atoms with Crippen molar-refractivity contribution in [2.24, 2.45) is 5.92 Å². The van der Waals surface area contributed by atoms with Gasteiger partial charge in [0.05, 0.1) is 0 Å². The molecule has 0 spiro atoms. The molecule has 0 aromatic carbocycles. The fourth-order valence-electron chi connectivity index (χ4n) is 1.52. The number of amides is 1. The van der Waals surface area contributed by atoms with E-state index in [9.17, 15) is 9.59 Å². The first kappa shape index (κ1) is 14.3. The third kappa shape index (κ3) is 5.56. The number of ether oxygens (including phenoxy) is 2. The molecule has 1 rings (SSSR count). The Bertz CT molecular complexity index is 326. The molecular weight excluding hydrogens is 238 g/mol. The molecule has 0 aromatic heterocycles. The van der Waals surface area contributed by atoms with Gasteiger partial charge in [-0.25, -0.2) is 0 Å². The molecule has 1 amide bonds. The number of aliphatic carboxylic acids is 1. The summed E-state index contributed by atoms with van der Waals surface area (Å²) in [7, 11) is 0. The van der Waals surface area contributed by atoms with Crippen molar-refractivity contribution >= 4 is 11.9 Å². The van der Waals surface area contributed by atoms with E-state index in [2.05, 4.69) is 5.32 Å². The first-order valence-electron chi connectivity index (χ1n) is 6.04. The number of nitrogens with one attached hydrogen (secondary N) is 1. The highest BCUT2D eigenvalue weighted by molar-refractivity contribution is 5.91. The van der Waals surface area contributed by atoms with Crippen molar-refractivity contribution in [3.63, 3.8) is 0 Å². The van der Waals surface area contributed by atoms with E-state index in [1.54, 1.807) is 0 Å². The van der Waals surface area contributed by atoms with Crippen molar-refractivity contribution in [3.8, 4) is 0 Å². The monoisotopic (exact) mass is 257 g/mol. The normalized spacial score (nSPS) is 15.9. The smallest absolute Gasteiger partial charge is 0.303 e. The summed E-state index contributed by atoms with van der Waals surface area (Å²) < 4.78 is 10.1. The van der Waals surface area contributed by atoms with Crippen molar-refractivity contribution in [2.75, 3.05) is 19.8 Å². The number of carbonyl (C=O) groups excluding carboxylic acids is 1. The van der Waals surface area contributed by atoms with E-state index in [4.69, 9.17) is 14.6 Å². The van der Waals surface area contributed by atoms with E-state index in [0.29, 0.717) is 26.2 Å². The second kappa shape index (κ2) is 7.58. The second-order valence-electron chi connectivity index (χ2n) is 4.28. The Morgan fingerprint density at radius 2 is 2.22 bits per heavy atom. The van der Waals surface area contributed by atoms with Crippen LogP contribution in [0.5, 0.6) is 0 Å². The molecular formula is C12H19NO5. The van der Waals surface area contributed by atoms with Gasteiger partial charge in [-0.05, 0) is 18.8 Å². The summed E-state index contributed by atoms with van der Waals surface area (Å²) >= 11 is 0. The summed E-state index contributed by atoms with van der Waals surface area (Å²) in [5.74, 6) is -0.623. The molecule has 102 valence electrons. The molecule has 6 heteroatoms. The summed E-state index contributed by atoms with van der Waals surface area (Å²) in [4.78, 5) is 22.0. The van der Waals surface area contributed by atoms with E-state index >= 15 is 0 Å². The predicted octanol–water partition coefficient (Wildman–Crippen LogP) is 0.882. The Morgan fingerprint density at radius 3 is 2.83 bits per heavy atom. The standard InChI is InChI=1S/C12H19NO5/c1-9(2-3-11(14)15)4-5-13-12(16)10-8-17-6-7-18-10/h8-9H,2-7H2,1H3,(H,13,16)(H,14,15). The molecule has 2 N–H and O–H groups in total. The van der Waals surface area contributed by atoms with Gasteiger partial charge in [0, 0.05) is 13.0 Å². The molecule has 0 saturated carbocycles. The fourth-order valence-corrected chi connectivity index (χ4v) is 1.52. The molecule has 0 aliphatic carbocycles.